The summed E-state index contributed by atoms with van der Waals surface area (Å²) in [6, 6.07) is 22.8. The Bertz CT molecular complexity index is 1420. The second-order valence-corrected chi connectivity index (χ2v) is 9.50. The molecule has 158 valence electrons. The van der Waals surface area contributed by atoms with Crippen LogP contribution in [0.2, 0.25) is 5.02 Å². The fraction of sp³-hybridized carbons (Fsp3) is 0.167. The zero-order valence-corrected chi connectivity index (χ0v) is 19.2. The van der Waals surface area contributed by atoms with Crippen molar-refractivity contribution in [2.45, 2.75) is 26.6 Å². The molecule has 3 aromatic carbocycles. The molecule has 4 aromatic rings. The van der Waals surface area contributed by atoms with Gasteiger partial charge in [-0.25, -0.2) is 4.57 Å². The van der Waals surface area contributed by atoms with Gasteiger partial charge in [0.25, 0.3) is 5.17 Å². The number of hydrogen-bond acceptors (Lipinski definition) is 5. The fourth-order valence-electron chi connectivity index (χ4n) is 4.31. The van der Waals surface area contributed by atoms with E-state index >= 15 is 0 Å². The van der Waals surface area contributed by atoms with Gasteiger partial charge in [-0.2, -0.15) is 10.1 Å². The van der Waals surface area contributed by atoms with E-state index in [9.17, 15) is 0 Å². The van der Waals surface area contributed by atoms with Gasteiger partial charge in [0, 0.05) is 17.5 Å². The lowest BCUT2D eigenvalue weighted by atomic mass is 10.0. The molecule has 6 rings (SSSR count). The molecule has 0 saturated heterocycles. The summed E-state index contributed by atoms with van der Waals surface area (Å²) in [6.45, 7) is 4.71. The molecule has 1 unspecified atom stereocenters. The van der Waals surface area contributed by atoms with Crippen molar-refractivity contribution in [3.63, 3.8) is 0 Å². The van der Waals surface area contributed by atoms with Gasteiger partial charge in [-0.05, 0) is 52.3 Å². The summed E-state index contributed by atoms with van der Waals surface area (Å²) < 4.78 is 4.15. The lowest BCUT2D eigenvalue weighted by Gasteiger charge is -2.26. The van der Waals surface area contributed by atoms with E-state index in [0.717, 1.165) is 38.1 Å². The minimum absolute atomic E-state index is 0.210. The number of fused-ring (bicyclic) bond motifs is 3. The van der Waals surface area contributed by atoms with Gasteiger partial charge in [0.05, 0.1) is 11.6 Å². The van der Waals surface area contributed by atoms with Gasteiger partial charge in [-0.1, -0.05) is 75.9 Å². The van der Waals surface area contributed by atoms with Gasteiger partial charge in [0.15, 0.2) is 0 Å². The maximum Gasteiger partial charge on any atom is 0.387 e. The highest BCUT2D eigenvalue weighted by Crippen LogP contribution is 2.40. The number of aryl methyl sites for hydroxylation is 1. The second kappa shape index (κ2) is 7.46. The first kappa shape index (κ1) is 19.5. The van der Waals surface area contributed by atoms with E-state index in [1.165, 1.54) is 10.8 Å². The molecule has 2 aliphatic heterocycles. The predicted octanol–water partition coefficient (Wildman–Crippen LogP) is 5.26. The van der Waals surface area contributed by atoms with Crippen LogP contribution in [0.5, 0.6) is 0 Å². The number of hydrazone groups is 1. The molecular formula is C24H20ClN6S+. The van der Waals surface area contributed by atoms with Crippen molar-refractivity contribution < 1.29 is 4.57 Å². The molecule has 0 amide bonds. The van der Waals surface area contributed by atoms with Crippen molar-refractivity contribution in [3.05, 3.63) is 88.7 Å². The lowest BCUT2D eigenvalue weighted by molar-refractivity contribution is -0.682. The van der Waals surface area contributed by atoms with Gasteiger partial charge in [-0.3, -0.25) is 0 Å². The van der Waals surface area contributed by atoms with E-state index < -0.39 is 0 Å². The van der Waals surface area contributed by atoms with Crippen LogP contribution in [0, 0.1) is 6.92 Å². The zero-order chi connectivity index (χ0) is 21.8. The number of hydrogen-bond donors (Lipinski definition) is 0. The third-order valence-electron chi connectivity index (χ3n) is 5.79. The Morgan fingerprint density at radius 3 is 2.62 bits per heavy atom. The molecule has 0 spiro atoms. The van der Waals surface area contributed by atoms with Gasteiger partial charge in [0.1, 0.15) is 0 Å². The Labute approximate surface area is 194 Å². The third-order valence-corrected chi connectivity index (χ3v) is 6.88. The van der Waals surface area contributed by atoms with Crippen molar-refractivity contribution in [1.82, 2.24) is 14.8 Å². The Morgan fingerprint density at radius 1 is 1.00 bits per heavy atom. The SMILES string of the molecule is CC1=NN2C(=Nc3n(nc(C)[n+]3Cc3ccc(Cl)cc3)C2c2cccc3ccccc23)S1. The highest BCUT2D eigenvalue weighted by molar-refractivity contribution is 8.26. The van der Waals surface area contributed by atoms with Crippen LogP contribution in [0.4, 0.5) is 5.95 Å². The average Bonchev–Trinajstić information content (AvgIpc) is 3.31. The quantitative estimate of drug-likeness (QED) is 0.392. The summed E-state index contributed by atoms with van der Waals surface area (Å²) in [7, 11) is 0. The maximum atomic E-state index is 6.08. The zero-order valence-electron chi connectivity index (χ0n) is 17.6. The molecule has 1 aromatic heterocycles. The molecule has 3 heterocycles. The number of aromatic nitrogens is 3. The van der Waals surface area contributed by atoms with Crippen LogP contribution in [0.25, 0.3) is 10.8 Å². The number of rotatable bonds is 3. The number of thioether (sulfide) groups is 1. The highest BCUT2D eigenvalue weighted by atomic mass is 35.5. The molecular weight excluding hydrogens is 440 g/mol. The van der Waals surface area contributed by atoms with Crippen molar-refractivity contribution in [2.75, 3.05) is 0 Å². The molecule has 8 heteroatoms. The van der Waals surface area contributed by atoms with Gasteiger partial charge < -0.3 is 0 Å². The van der Waals surface area contributed by atoms with Crippen molar-refractivity contribution >= 4 is 50.3 Å². The molecule has 1 atom stereocenters. The highest BCUT2D eigenvalue weighted by Gasteiger charge is 2.44. The van der Waals surface area contributed by atoms with Crippen LogP contribution in [0.1, 0.15) is 30.0 Å². The smallest absolute Gasteiger partial charge is 0.217 e. The average molecular weight is 460 g/mol. The number of aliphatic imine (C=N–C) groups is 1. The van der Waals surface area contributed by atoms with E-state index in [1.807, 2.05) is 47.8 Å². The van der Waals surface area contributed by atoms with E-state index in [1.54, 1.807) is 11.8 Å². The Balaban J connectivity index is 1.54. The molecule has 32 heavy (non-hydrogen) atoms. The Kier molecular flexibility index (Phi) is 4.55. The van der Waals surface area contributed by atoms with E-state index in [0.29, 0.717) is 6.54 Å². The number of benzene rings is 3. The van der Waals surface area contributed by atoms with Gasteiger partial charge in [-0.15, -0.1) is 0 Å². The van der Waals surface area contributed by atoms with Crippen LogP contribution in [0.15, 0.2) is 76.8 Å². The van der Waals surface area contributed by atoms with E-state index in [4.69, 9.17) is 26.8 Å². The Morgan fingerprint density at radius 2 is 1.78 bits per heavy atom. The summed E-state index contributed by atoms with van der Waals surface area (Å²) in [5.41, 5.74) is 2.30. The van der Waals surface area contributed by atoms with Crippen LogP contribution < -0.4 is 4.57 Å². The summed E-state index contributed by atoms with van der Waals surface area (Å²) in [5, 5.41) is 16.7. The number of amidine groups is 1. The molecule has 0 N–H and O–H groups in total. The summed E-state index contributed by atoms with van der Waals surface area (Å²) in [4.78, 5) is 4.98. The second-order valence-electron chi connectivity index (χ2n) is 7.91. The molecule has 0 radical (unpaired) electrons. The molecule has 0 bridgehead atoms. The van der Waals surface area contributed by atoms with Crippen molar-refractivity contribution in [2.24, 2.45) is 10.1 Å². The van der Waals surface area contributed by atoms with Crippen LogP contribution in [-0.2, 0) is 6.54 Å². The molecule has 0 fully saturated rings. The number of halogens is 1. The van der Waals surface area contributed by atoms with E-state index in [2.05, 4.69) is 47.0 Å². The maximum absolute atomic E-state index is 6.08. The fourth-order valence-corrected chi connectivity index (χ4v) is 5.19. The van der Waals surface area contributed by atoms with Gasteiger partial charge >= 0.3 is 5.95 Å². The summed E-state index contributed by atoms with van der Waals surface area (Å²) in [6.07, 6.45) is -0.210. The topological polar surface area (TPSA) is 49.7 Å². The normalized spacial score (nSPS) is 17.2. The largest absolute Gasteiger partial charge is 0.387 e. The minimum atomic E-state index is -0.210. The van der Waals surface area contributed by atoms with Crippen molar-refractivity contribution in [1.29, 1.82) is 0 Å². The van der Waals surface area contributed by atoms with Gasteiger partial charge in [0.2, 0.25) is 12.0 Å². The molecule has 0 aliphatic carbocycles. The van der Waals surface area contributed by atoms with Crippen LogP contribution in [-0.4, -0.2) is 25.0 Å². The predicted molar refractivity (Wildman–Crippen MR) is 129 cm³/mol. The first-order chi connectivity index (χ1) is 15.6. The lowest BCUT2D eigenvalue weighted by Crippen LogP contribution is -2.40. The summed E-state index contributed by atoms with van der Waals surface area (Å²) in [5.74, 6) is 1.72. The standard InChI is InChI=1S/C24H20ClN6S/c1-15-27-30-22(21-9-5-7-18-6-3-4-8-20(18)21)31-24(32-16(2)28-31)26-23(30)29(15)14-17-10-12-19(25)13-11-17/h3-13,22H,14H2,1-2H3/q+1. The first-order valence-electron chi connectivity index (χ1n) is 10.4. The Hall–Kier alpha value is -3.16. The summed E-state index contributed by atoms with van der Waals surface area (Å²) >= 11 is 7.68. The van der Waals surface area contributed by atoms with Crippen molar-refractivity contribution in [3.8, 4) is 0 Å². The first-order valence-corrected chi connectivity index (χ1v) is 11.6. The van der Waals surface area contributed by atoms with Crippen LogP contribution in [0.3, 0.4) is 0 Å². The third kappa shape index (κ3) is 3.12. The monoisotopic (exact) mass is 459 g/mol. The minimum Gasteiger partial charge on any atom is -0.217 e. The molecule has 6 nitrogen and oxygen atoms in total. The van der Waals surface area contributed by atoms with Crippen LogP contribution >= 0.6 is 23.4 Å². The molecule has 2 aliphatic rings. The molecule has 0 saturated carbocycles. The number of nitrogens with zero attached hydrogens (tertiary/aromatic N) is 6. The van der Waals surface area contributed by atoms with E-state index in [-0.39, 0.29) is 6.17 Å².